The zero-order valence-electron chi connectivity index (χ0n) is 28.8. The summed E-state index contributed by atoms with van der Waals surface area (Å²) in [6.45, 7) is -21.4. The normalized spacial score (nSPS) is 16.8. The first-order valence-electron chi connectivity index (χ1n) is 15.4. The highest BCUT2D eigenvalue weighted by Crippen LogP contribution is 2.48. The summed E-state index contributed by atoms with van der Waals surface area (Å²) < 4.78 is 250. The van der Waals surface area contributed by atoms with Gasteiger partial charge >= 0.3 is 48.6 Å². The molecular formula is C26H39F15O16. The summed E-state index contributed by atoms with van der Waals surface area (Å²) >= 11 is 0. The number of ether oxygens (including phenoxy) is 10. The molecule has 6 N–H and O–H groups in total. The van der Waals surface area contributed by atoms with Gasteiger partial charge in [-0.05, 0) is 0 Å². The highest BCUT2D eigenvalue weighted by molar-refractivity contribution is 4.84. The predicted molar refractivity (Wildman–Crippen MR) is 147 cm³/mol. The average molecular weight is 893 g/mol. The fourth-order valence-electron chi connectivity index (χ4n) is 3.12. The van der Waals surface area contributed by atoms with E-state index in [4.69, 9.17) is 30.6 Å². The molecule has 0 saturated heterocycles. The Labute approximate surface area is 310 Å². The van der Waals surface area contributed by atoms with Crippen molar-refractivity contribution in [1.29, 1.82) is 0 Å². The maximum Gasteiger partial charge on any atom is 0.453 e. The van der Waals surface area contributed by atoms with Crippen LogP contribution in [-0.2, 0) is 47.4 Å². The van der Waals surface area contributed by atoms with Crippen LogP contribution in [0.3, 0.4) is 0 Å². The van der Waals surface area contributed by atoms with Crippen LogP contribution in [0.5, 0.6) is 0 Å². The van der Waals surface area contributed by atoms with Gasteiger partial charge in [0.15, 0.2) is 0 Å². The summed E-state index contributed by atoms with van der Waals surface area (Å²) in [6.07, 6.45) is -47.5. The van der Waals surface area contributed by atoms with Gasteiger partial charge in [0.25, 0.3) is 0 Å². The highest BCUT2D eigenvalue weighted by Gasteiger charge is 2.73. The van der Waals surface area contributed by atoms with Crippen LogP contribution in [0.25, 0.3) is 0 Å². The Hall–Kier alpha value is -1.69. The number of alkyl halides is 15. The average Bonchev–Trinajstić information content (AvgIpc) is 3.05. The SMILES string of the molecule is OCC(O)COCCOCC(F)(F)OC(F)(F)C(F)(F)OC(F)(F)C(F)(COCC(F)(F)OC(F)(F)COCC(O)CO)OC(F)(F)COCCOCC(O)CO. The molecule has 0 spiro atoms. The Balaban J connectivity index is 6.01. The van der Waals surface area contributed by atoms with Crippen LogP contribution in [0.15, 0.2) is 0 Å². The van der Waals surface area contributed by atoms with E-state index >= 15 is 4.39 Å². The Morgan fingerprint density at radius 2 is 0.649 bits per heavy atom. The molecule has 0 rings (SSSR count). The largest absolute Gasteiger partial charge is 0.453 e. The van der Waals surface area contributed by atoms with Crippen LogP contribution in [0, 0.1) is 0 Å². The summed E-state index contributed by atoms with van der Waals surface area (Å²) in [5, 5.41) is 52.9. The van der Waals surface area contributed by atoms with E-state index in [2.05, 4.69) is 47.4 Å². The lowest BCUT2D eigenvalue weighted by molar-refractivity contribution is -0.545. The third kappa shape index (κ3) is 22.5. The van der Waals surface area contributed by atoms with Crippen LogP contribution in [0.1, 0.15) is 0 Å². The van der Waals surface area contributed by atoms with E-state index in [0.717, 1.165) is 0 Å². The molecule has 0 aliphatic heterocycles. The van der Waals surface area contributed by atoms with E-state index in [0.29, 0.717) is 0 Å². The van der Waals surface area contributed by atoms with Crippen molar-refractivity contribution in [2.75, 3.05) is 99.1 Å². The van der Waals surface area contributed by atoms with Crippen LogP contribution < -0.4 is 0 Å². The van der Waals surface area contributed by atoms with Crippen molar-refractivity contribution in [3.63, 3.8) is 0 Å². The first-order valence-corrected chi connectivity index (χ1v) is 15.4. The maximum absolute atomic E-state index is 15.4. The van der Waals surface area contributed by atoms with Gasteiger partial charge in [-0.25, -0.2) is 9.47 Å². The minimum absolute atomic E-state index is 0.597. The molecule has 0 aromatic rings. The number of rotatable bonds is 35. The van der Waals surface area contributed by atoms with Crippen molar-refractivity contribution in [1.82, 2.24) is 0 Å². The quantitative estimate of drug-likeness (QED) is 0.0388. The Kier molecular flexibility index (Phi) is 23.2. The molecule has 0 saturated carbocycles. The molecule has 4 unspecified atom stereocenters. The van der Waals surface area contributed by atoms with Crippen molar-refractivity contribution < 1.29 is 144 Å². The Morgan fingerprint density at radius 3 is 1.07 bits per heavy atom. The lowest BCUT2D eigenvalue weighted by Gasteiger charge is -2.38. The predicted octanol–water partition coefficient (Wildman–Crippen LogP) is 1.03. The van der Waals surface area contributed by atoms with Crippen molar-refractivity contribution in [2.45, 2.75) is 66.9 Å². The zero-order valence-corrected chi connectivity index (χ0v) is 28.8. The molecule has 0 bridgehead atoms. The van der Waals surface area contributed by atoms with Crippen LogP contribution in [0.4, 0.5) is 65.9 Å². The van der Waals surface area contributed by atoms with Gasteiger partial charge in [0, 0.05) is 0 Å². The van der Waals surface area contributed by atoms with Crippen molar-refractivity contribution in [3.05, 3.63) is 0 Å². The summed E-state index contributed by atoms with van der Waals surface area (Å²) in [4.78, 5) is 0. The van der Waals surface area contributed by atoms with Gasteiger partial charge in [0.05, 0.1) is 66.1 Å². The van der Waals surface area contributed by atoms with Crippen molar-refractivity contribution in [3.8, 4) is 0 Å². The summed E-state index contributed by atoms with van der Waals surface area (Å²) in [7, 11) is 0. The summed E-state index contributed by atoms with van der Waals surface area (Å²) in [5.74, 6) is -6.18. The van der Waals surface area contributed by atoms with E-state index < -0.39 is 166 Å². The lowest BCUT2D eigenvalue weighted by atomic mass is 10.3. The summed E-state index contributed by atoms with van der Waals surface area (Å²) in [6, 6.07) is 0. The van der Waals surface area contributed by atoms with Gasteiger partial charge in [-0.2, -0.15) is 65.9 Å². The molecule has 344 valence electrons. The number of hydrogen-bond acceptors (Lipinski definition) is 16. The number of hydrogen-bond donors (Lipinski definition) is 6. The number of halogens is 15. The fraction of sp³-hybridized carbons (Fsp3) is 1.00. The second-order valence-electron chi connectivity index (χ2n) is 11.0. The smallest absolute Gasteiger partial charge is 0.394 e. The molecule has 0 aromatic carbocycles. The molecule has 0 fully saturated rings. The van der Waals surface area contributed by atoms with E-state index in [-0.39, 0.29) is 0 Å². The maximum atomic E-state index is 15.4. The van der Waals surface area contributed by atoms with Crippen LogP contribution >= 0.6 is 0 Å². The molecule has 0 aliphatic carbocycles. The van der Waals surface area contributed by atoms with Gasteiger partial charge in [0.2, 0.25) is 0 Å². The monoisotopic (exact) mass is 892 g/mol. The minimum Gasteiger partial charge on any atom is -0.394 e. The van der Waals surface area contributed by atoms with Crippen LogP contribution in [0.2, 0.25) is 0 Å². The molecular weight excluding hydrogens is 853 g/mol. The van der Waals surface area contributed by atoms with Gasteiger partial charge in [-0.1, -0.05) is 0 Å². The van der Waals surface area contributed by atoms with Gasteiger partial charge in [-0.15, -0.1) is 0 Å². The molecule has 16 nitrogen and oxygen atoms in total. The van der Waals surface area contributed by atoms with E-state index in [1.54, 1.807) is 0 Å². The minimum atomic E-state index is -7.19. The molecule has 0 aliphatic rings. The zero-order chi connectivity index (χ0) is 44.4. The molecule has 0 aromatic heterocycles. The van der Waals surface area contributed by atoms with E-state index in [1.165, 1.54) is 0 Å². The molecule has 31 heteroatoms. The Morgan fingerprint density at radius 1 is 0.333 bits per heavy atom. The van der Waals surface area contributed by atoms with E-state index in [9.17, 15) is 61.5 Å². The molecule has 0 amide bonds. The fourth-order valence-corrected chi connectivity index (χ4v) is 3.12. The lowest BCUT2D eigenvalue weighted by Crippen LogP contribution is -2.61. The molecule has 4 atom stereocenters. The molecule has 57 heavy (non-hydrogen) atoms. The third-order valence-electron chi connectivity index (χ3n) is 5.59. The number of aliphatic hydroxyl groups is 6. The molecule has 0 heterocycles. The highest BCUT2D eigenvalue weighted by atomic mass is 19.3. The molecule has 0 radical (unpaired) electrons. The second-order valence-corrected chi connectivity index (χ2v) is 11.0. The standard InChI is InChI=1S/C26H39F15O16/c27-19(54-20(28,29)12-50-3-1-48-8-16(45)5-42,11-53-15-22(32,33)55-21(30,31)14-52-10-18(47)7-44)24(36,37)57-26(40,41)25(38,39)56-23(34,35)13-51-4-2-49-9-17(46)6-43/h16-18,42-47H,1-15H2. The first kappa shape index (κ1) is 55.3. The Bertz CT molecular complexity index is 1100. The van der Waals surface area contributed by atoms with Crippen molar-refractivity contribution in [2.24, 2.45) is 0 Å². The van der Waals surface area contributed by atoms with Crippen molar-refractivity contribution >= 4 is 0 Å². The summed E-state index contributed by atoms with van der Waals surface area (Å²) in [5.41, 5.74) is 0. The third-order valence-corrected chi connectivity index (χ3v) is 5.59. The second kappa shape index (κ2) is 23.9. The van der Waals surface area contributed by atoms with Crippen LogP contribution in [-0.4, -0.2) is 197 Å². The van der Waals surface area contributed by atoms with Gasteiger partial charge in [0.1, 0.15) is 51.3 Å². The topological polar surface area (TPSA) is 214 Å². The first-order chi connectivity index (χ1) is 25.9. The van der Waals surface area contributed by atoms with Gasteiger partial charge in [-0.3, -0.25) is 9.47 Å². The van der Waals surface area contributed by atoms with E-state index in [1.807, 2.05) is 0 Å². The van der Waals surface area contributed by atoms with Gasteiger partial charge < -0.3 is 59.1 Å². The number of aliphatic hydroxyl groups excluding tert-OH is 6.